The van der Waals surface area contributed by atoms with Crippen LogP contribution in [0.25, 0.3) is 67.0 Å². The van der Waals surface area contributed by atoms with E-state index >= 15 is 0 Å². The molecule has 5 aromatic carbocycles. The van der Waals surface area contributed by atoms with Gasteiger partial charge in [-0.25, -0.2) is 4.98 Å². The molecule has 0 aliphatic heterocycles. The molecule has 0 atom stereocenters. The summed E-state index contributed by atoms with van der Waals surface area (Å²) >= 11 is 0. The minimum atomic E-state index is -3.06. The van der Waals surface area contributed by atoms with E-state index in [2.05, 4.69) is 41.4 Å². The van der Waals surface area contributed by atoms with Gasteiger partial charge in [-0.15, -0.1) is 0 Å². The van der Waals surface area contributed by atoms with Crippen molar-refractivity contribution in [3.63, 3.8) is 0 Å². The van der Waals surface area contributed by atoms with Crippen LogP contribution < -0.4 is 15.9 Å². The van der Waals surface area contributed by atoms with Gasteiger partial charge < -0.3 is 8.98 Å². The number of rotatable bonds is 7. The Bertz CT molecular complexity index is 2640. The van der Waals surface area contributed by atoms with Gasteiger partial charge in [0.1, 0.15) is 11.3 Å². The van der Waals surface area contributed by atoms with Gasteiger partial charge in [0.25, 0.3) is 0 Å². The number of furan rings is 1. The van der Waals surface area contributed by atoms with Gasteiger partial charge in [-0.2, -0.15) is 0 Å². The van der Waals surface area contributed by atoms with E-state index < -0.39 is 7.14 Å². The fourth-order valence-electron chi connectivity index (χ4n) is 6.84. The van der Waals surface area contributed by atoms with E-state index in [-0.39, 0.29) is 0 Å². The molecule has 9 rings (SSSR count). The quantitative estimate of drug-likeness (QED) is 0.157. The van der Waals surface area contributed by atoms with Crippen molar-refractivity contribution in [1.82, 2.24) is 15.0 Å². The Kier molecular flexibility index (Phi) is 7.68. The summed E-state index contributed by atoms with van der Waals surface area (Å²) in [7, 11) is -3.06. The molecule has 0 spiro atoms. The molecule has 0 radical (unpaired) electrons. The average Bonchev–Trinajstić information content (AvgIpc) is 3.63. The van der Waals surface area contributed by atoms with Crippen molar-refractivity contribution in [1.29, 1.82) is 0 Å². The second kappa shape index (κ2) is 12.8. The number of para-hydroxylation sites is 1. The maximum Gasteiger partial charge on any atom is 0.171 e. The molecule has 0 bridgehead atoms. The number of fused-ring (bicyclic) bond motifs is 3. The fraction of sp³-hybridized carbons (Fsp3) is 0. The third kappa shape index (κ3) is 5.36. The monoisotopic (exact) mass is 675 g/mol. The summed E-state index contributed by atoms with van der Waals surface area (Å²) in [6.45, 7) is 0. The molecule has 4 aromatic heterocycles. The molecule has 5 nitrogen and oxygen atoms in total. The van der Waals surface area contributed by atoms with Crippen molar-refractivity contribution in [2.24, 2.45) is 0 Å². The summed E-state index contributed by atoms with van der Waals surface area (Å²) in [5.41, 5.74) is 7.80. The standard InChI is InChI=1S/C45H30N3O2P/c49-51(34-13-3-1-4-14-34,35-15-5-2-6-16-35)36-27-25-32(26-28-36)31-21-23-33(24-22-31)43-42-41(39-19-9-11-29-46-39)45(40-20-10-12-30-47-40)50-44(42)37-17-7-8-18-38(37)48-43/h1-30H. The first kappa shape index (κ1) is 30.6. The summed E-state index contributed by atoms with van der Waals surface area (Å²) in [6.07, 6.45) is 3.57. The lowest BCUT2D eigenvalue weighted by molar-refractivity contribution is 0.592. The summed E-state index contributed by atoms with van der Waals surface area (Å²) < 4.78 is 21.6. The van der Waals surface area contributed by atoms with Crippen LogP contribution in [0.15, 0.2) is 187 Å². The van der Waals surface area contributed by atoms with Crippen LogP contribution in [0.1, 0.15) is 0 Å². The maximum atomic E-state index is 14.9. The Balaban J connectivity index is 1.16. The summed E-state index contributed by atoms with van der Waals surface area (Å²) in [5.74, 6) is 0.656. The van der Waals surface area contributed by atoms with Gasteiger partial charge in [-0.3, -0.25) is 9.97 Å². The lowest BCUT2D eigenvalue weighted by Gasteiger charge is -2.20. The Morgan fingerprint density at radius 1 is 0.471 bits per heavy atom. The molecule has 242 valence electrons. The Morgan fingerprint density at radius 2 is 0.980 bits per heavy atom. The highest BCUT2D eigenvalue weighted by atomic mass is 31.2. The van der Waals surface area contributed by atoms with E-state index in [0.29, 0.717) is 5.76 Å². The van der Waals surface area contributed by atoms with Crippen LogP contribution in [0.3, 0.4) is 0 Å². The number of pyridine rings is 3. The van der Waals surface area contributed by atoms with E-state index in [0.717, 1.165) is 77.1 Å². The van der Waals surface area contributed by atoms with E-state index in [1.807, 2.05) is 133 Å². The van der Waals surface area contributed by atoms with Gasteiger partial charge in [0.2, 0.25) is 0 Å². The molecule has 0 fully saturated rings. The summed E-state index contributed by atoms with van der Waals surface area (Å²) in [6, 6.07) is 55.8. The first-order valence-corrected chi connectivity index (χ1v) is 18.5. The van der Waals surface area contributed by atoms with Crippen molar-refractivity contribution in [2.45, 2.75) is 0 Å². The largest absolute Gasteiger partial charge is 0.453 e. The highest BCUT2D eigenvalue weighted by Gasteiger charge is 2.29. The molecule has 4 heterocycles. The van der Waals surface area contributed by atoms with Crippen LogP contribution in [0.4, 0.5) is 0 Å². The molecular formula is C45H30N3O2P. The zero-order valence-corrected chi connectivity index (χ0v) is 28.3. The maximum absolute atomic E-state index is 14.9. The molecule has 0 aliphatic rings. The summed E-state index contributed by atoms with van der Waals surface area (Å²) in [4.78, 5) is 14.6. The predicted molar refractivity (Wildman–Crippen MR) is 208 cm³/mol. The molecule has 0 N–H and O–H groups in total. The van der Waals surface area contributed by atoms with Crippen LogP contribution in [-0.4, -0.2) is 15.0 Å². The van der Waals surface area contributed by atoms with Crippen molar-refractivity contribution in [2.75, 3.05) is 0 Å². The van der Waals surface area contributed by atoms with E-state index in [1.54, 1.807) is 12.4 Å². The third-order valence-corrected chi connectivity index (χ3v) is 12.4. The smallest absolute Gasteiger partial charge is 0.171 e. The molecule has 51 heavy (non-hydrogen) atoms. The number of hydrogen-bond acceptors (Lipinski definition) is 5. The van der Waals surface area contributed by atoms with Crippen molar-refractivity contribution >= 4 is 44.9 Å². The van der Waals surface area contributed by atoms with Crippen molar-refractivity contribution < 1.29 is 8.98 Å². The minimum Gasteiger partial charge on any atom is -0.453 e. The predicted octanol–water partition coefficient (Wildman–Crippen LogP) is 10.1. The molecular weight excluding hydrogens is 645 g/mol. The van der Waals surface area contributed by atoms with Crippen LogP contribution in [-0.2, 0) is 4.57 Å². The van der Waals surface area contributed by atoms with Crippen LogP contribution in [0, 0.1) is 0 Å². The van der Waals surface area contributed by atoms with Gasteiger partial charge in [0.05, 0.1) is 27.9 Å². The number of benzene rings is 5. The normalized spacial score (nSPS) is 11.6. The topological polar surface area (TPSA) is 68.9 Å². The highest BCUT2D eigenvalue weighted by Crippen LogP contribution is 2.46. The number of nitrogens with zero attached hydrogens (tertiary/aromatic N) is 3. The Hall–Kier alpha value is -6.42. The SMILES string of the molecule is O=P(c1ccccc1)(c1ccccc1)c1ccc(-c2ccc(-c3nc4ccccc4c4oc(-c5ccccn5)c(-c5ccccn5)c34)cc2)cc1. The zero-order chi connectivity index (χ0) is 34.2. The average molecular weight is 676 g/mol. The fourth-order valence-corrected chi connectivity index (χ4v) is 9.48. The number of hydrogen-bond donors (Lipinski definition) is 0. The summed E-state index contributed by atoms with van der Waals surface area (Å²) in [5, 5.41) is 4.25. The second-order valence-electron chi connectivity index (χ2n) is 12.3. The molecule has 0 saturated heterocycles. The van der Waals surface area contributed by atoms with E-state index in [1.165, 1.54) is 0 Å². The first-order valence-electron chi connectivity index (χ1n) is 16.8. The minimum absolute atomic E-state index is 0.656. The van der Waals surface area contributed by atoms with Crippen molar-refractivity contribution in [3.05, 3.63) is 182 Å². The lowest BCUT2D eigenvalue weighted by atomic mass is 9.97. The van der Waals surface area contributed by atoms with Crippen LogP contribution >= 0.6 is 7.14 Å². The lowest BCUT2D eigenvalue weighted by Crippen LogP contribution is -2.24. The van der Waals surface area contributed by atoms with Gasteiger partial charge in [0, 0.05) is 39.3 Å². The Labute approximate surface area is 295 Å². The van der Waals surface area contributed by atoms with E-state index in [9.17, 15) is 4.57 Å². The molecule has 0 amide bonds. The Morgan fingerprint density at radius 3 is 1.59 bits per heavy atom. The van der Waals surface area contributed by atoms with Crippen molar-refractivity contribution in [3.8, 4) is 45.1 Å². The van der Waals surface area contributed by atoms with Crippen LogP contribution in [0.5, 0.6) is 0 Å². The van der Waals surface area contributed by atoms with Gasteiger partial charge in [0.15, 0.2) is 12.9 Å². The molecule has 9 aromatic rings. The highest BCUT2D eigenvalue weighted by molar-refractivity contribution is 7.85. The third-order valence-electron chi connectivity index (χ3n) is 9.31. The van der Waals surface area contributed by atoms with E-state index in [4.69, 9.17) is 14.4 Å². The van der Waals surface area contributed by atoms with Crippen LogP contribution in [0.2, 0.25) is 0 Å². The first-order chi connectivity index (χ1) is 25.2. The molecule has 0 unspecified atom stereocenters. The van der Waals surface area contributed by atoms with Gasteiger partial charge in [-0.05, 0) is 47.5 Å². The molecule has 0 saturated carbocycles. The molecule has 0 aliphatic carbocycles. The number of aromatic nitrogens is 3. The second-order valence-corrected chi connectivity index (χ2v) is 15.1. The molecule has 6 heteroatoms. The van der Waals surface area contributed by atoms with Gasteiger partial charge >= 0.3 is 0 Å². The van der Waals surface area contributed by atoms with Gasteiger partial charge in [-0.1, -0.05) is 133 Å². The zero-order valence-electron chi connectivity index (χ0n) is 27.4.